The highest BCUT2D eigenvalue weighted by molar-refractivity contribution is 5.46. The van der Waals surface area contributed by atoms with E-state index in [9.17, 15) is 8.78 Å². The number of methoxy groups -OCH3 is 1. The second kappa shape index (κ2) is 5.50. The van der Waals surface area contributed by atoms with Gasteiger partial charge in [0.1, 0.15) is 0 Å². The van der Waals surface area contributed by atoms with Crippen LogP contribution >= 0.6 is 0 Å². The molecular weight excluding hydrogens is 204 g/mol. The fraction of sp³-hybridized carbons (Fsp3) is 0.400. The number of hydrogen-bond acceptors (Lipinski definition) is 3. The van der Waals surface area contributed by atoms with Crippen molar-refractivity contribution in [2.45, 2.75) is 13.0 Å². The van der Waals surface area contributed by atoms with Gasteiger partial charge in [0.05, 0.1) is 7.11 Å². The molecule has 0 aliphatic carbocycles. The van der Waals surface area contributed by atoms with E-state index in [1.807, 2.05) is 0 Å². The normalized spacial score (nSPS) is 10.5. The van der Waals surface area contributed by atoms with Gasteiger partial charge in [0.15, 0.2) is 11.5 Å². The first-order chi connectivity index (χ1) is 7.19. The minimum Gasteiger partial charge on any atom is -0.493 e. The molecule has 0 heterocycles. The predicted octanol–water partition coefficient (Wildman–Crippen LogP) is 1.80. The topological polar surface area (TPSA) is 44.5 Å². The van der Waals surface area contributed by atoms with Crippen LogP contribution in [0, 0.1) is 0 Å². The molecule has 1 aromatic carbocycles. The number of benzene rings is 1. The van der Waals surface area contributed by atoms with Gasteiger partial charge in [0, 0.05) is 0 Å². The lowest BCUT2D eigenvalue weighted by atomic mass is 10.1. The summed E-state index contributed by atoms with van der Waals surface area (Å²) in [6.07, 6.45) is 0.471. The summed E-state index contributed by atoms with van der Waals surface area (Å²) in [4.78, 5) is 0. The summed E-state index contributed by atoms with van der Waals surface area (Å²) in [6.45, 7) is -2.50. The van der Waals surface area contributed by atoms with Gasteiger partial charge in [0.25, 0.3) is 0 Å². The van der Waals surface area contributed by atoms with Crippen molar-refractivity contribution in [2.24, 2.45) is 5.73 Å². The van der Waals surface area contributed by atoms with Crippen LogP contribution in [0.4, 0.5) is 8.78 Å². The van der Waals surface area contributed by atoms with Crippen molar-refractivity contribution in [3.8, 4) is 11.5 Å². The van der Waals surface area contributed by atoms with Crippen LogP contribution in [0.15, 0.2) is 18.2 Å². The molecule has 0 spiro atoms. The van der Waals surface area contributed by atoms with Gasteiger partial charge in [-0.2, -0.15) is 8.78 Å². The van der Waals surface area contributed by atoms with Gasteiger partial charge >= 0.3 is 6.61 Å². The van der Waals surface area contributed by atoms with E-state index in [1.165, 1.54) is 7.11 Å². The molecule has 1 rings (SSSR count). The fourth-order valence-electron chi connectivity index (χ4n) is 1.30. The second-order valence-electron chi connectivity index (χ2n) is 2.87. The van der Waals surface area contributed by atoms with Gasteiger partial charge in [-0.25, -0.2) is 0 Å². The number of alkyl halides is 2. The Balaban J connectivity index is 3.02. The van der Waals surface area contributed by atoms with Crippen molar-refractivity contribution >= 4 is 0 Å². The molecular formula is C10H13F2NO2. The molecule has 0 bridgehead atoms. The van der Waals surface area contributed by atoms with Crippen LogP contribution in [-0.4, -0.2) is 20.3 Å². The smallest absolute Gasteiger partial charge is 0.387 e. The van der Waals surface area contributed by atoms with Gasteiger partial charge in [-0.3, -0.25) is 0 Å². The molecule has 0 atom stereocenters. The number of para-hydroxylation sites is 1. The van der Waals surface area contributed by atoms with Crippen molar-refractivity contribution in [1.82, 2.24) is 0 Å². The van der Waals surface area contributed by atoms with Crippen LogP contribution in [0.3, 0.4) is 0 Å². The van der Waals surface area contributed by atoms with E-state index >= 15 is 0 Å². The van der Waals surface area contributed by atoms with E-state index in [2.05, 4.69) is 4.74 Å². The molecule has 3 nitrogen and oxygen atoms in total. The van der Waals surface area contributed by atoms with Gasteiger partial charge in [-0.05, 0) is 24.6 Å². The van der Waals surface area contributed by atoms with Crippen LogP contribution < -0.4 is 15.2 Å². The standard InChI is InChI=1S/C10H13F2NO2/c1-14-8-4-2-3-7(5-6-13)9(8)15-10(11)12/h2-4,10H,5-6,13H2,1H3. The molecule has 1 aromatic rings. The summed E-state index contributed by atoms with van der Waals surface area (Å²) in [5.41, 5.74) is 5.99. The third kappa shape index (κ3) is 3.06. The monoisotopic (exact) mass is 217 g/mol. The summed E-state index contributed by atoms with van der Waals surface area (Å²) in [5, 5.41) is 0. The van der Waals surface area contributed by atoms with Gasteiger partial charge in [-0.15, -0.1) is 0 Å². The Morgan fingerprint density at radius 1 is 1.40 bits per heavy atom. The summed E-state index contributed by atoms with van der Waals surface area (Å²) >= 11 is 0. The molecule has 0 saturated carbocycles. The van der Waals surface area contributed by atoms with Crippen LogP contribution in [0.5, 0.6) is 11.5 Å². The summed E-state index contributed by atoms with van der Waals surface area (Å²) in [6, 6.07) is 4.97. The maximum absolute atomic E-state index is 12.1. The zero-order valence-corrected chi connectivity index (χ0v) is 8.37. The van der Waals surface area contributed by atoms with Gasteiger partial charge in [-0.1, -0.05) is 12.1 Å². The highest BCUT2D eigenvalue weighted by atomic mass is 19.3. The second-order valence-corrected chi connectivity index (χ2v) is 2.87. The molecule has 0 aromatic heterocycles. The minimum atomic E-state index is -2.86. The quantitative estimate of drug-likeness (QED) is 0.817. The first kappa shape index (κ1) is 11.7. The van der Waals surface area contributed by atoms with Crippen molar-refractivity contribution in [1.29, 1.82) is 0 Å². The Morgan fingerprint density at radius 2 is 2.13 bits per heavy atom. The Hall–Kier alpha value is -1.36. The third-order valence-corrected chi connectivity index (χ3v) is 1.90. The van der Waals surface area contributed by atoms with E-state index in [-0.39, 0.29) is 5.75 Å². The highest BCUT2D eigenvalue weighted by Crippen LogP contribution is 2.32. The lowest BCUT2D eigenvalue weighted by Gasteiger charge is -2.13. The Labute approximate surface area is 86.8 Å². The van der Waals surface area contributed by atoms with Crippen molar-refractivity contribution in [3.63, 3.8) is 0 Å². The van der Waals surface area contributed by atoms with E-state index in [4.69, 9.17) is 10.5 Å². The van der Waals surface area contributed by atoms with Gasteiger partial charge in [0.2, 0.25) is 0 Å². The molecule has 0 aliphatic rings. The van der Waals surface area contributed by atoms with Crippen molar-refractivity contribution < 1.29 is 18.3 Å². The van der Waals surface area contributed by atoms with E-state index in [1.54, 1.807) is 18.2 Å². The number of hydrogen-bond donors (Lipinski definition) is 1. The third-order valence-electron chi connectivity index (χ3n) is 1.90. The number of ether oxygens (including phenoxy) is 2. The van der Waals surface area contributed by atoms with Crippen molar-refractivity contribution in [3.05, 3.63) is 23.8 Å². The highest BCUT2D eigenvalue weighted by Gasteiger charge is 2.14. The molecule has 0 amide bonds. The maximum Gasteiger partial charge on any atom is 0.387 e. The Morgan fingerprint density at radius 3 is 2.67 bits per heavy atom. The Kier molecular flexibility index (Phi) is 4.30. The average molecular weight is 217 g/mol. The largest absolute Gasteiger partial charge is 0.493 e. The molecule has 0 aliphatic heterocycles. The van der Waals surface area contributed by atoms with Crippen molar-refractivity contribution in [2.75, 3.05) is 13.7 Å². The Bertz CT molecular complexity index is 318. The molecule has 15 heavy (non-hydrogen) atoms. The summed E-state index contributed by atoms with van der Waals surface area (Å²) in [7, 11) is 1.40. The van der Waals surface area contributed by atoms with Crippen LogP contribution in [0.1, 0.15) is 5.56 Å². The summed E-state index contributed by atoms with van der Waals surface area (Å²) in [5.74, 6) is 0.363. The predicted molar refractivity (Wildman–Crippen MR) is 52.4 cm³/mol. The number of nitrogens with two attached hydrogens (primary N) is 1. The van der Waals surface area contributed by atoms with Gasteiger partial charge < -0.3 is 15.2 Å². The first-order valence-electron chi connectivity index (χ1n) is 4.49. The lowest BCUT2D eigenvalue weighted by molar-refractivity contribution is -0.0518. The molecule has 0 radical (unpaired) electrons. The van der Waals surface area contributed by atoms with Crippen LogP contribution in [0.25, 0.3) is 0 Å². The maximum atomic E-state index is 12.1. The molecule has 0 saturated heterocycles. The molecule has 0 fully saturated rings. The average Bonchev–Trinajstić information content (AvgIpc) is 2.20. The number of halogens is 2. The summed E-state index contributed by atoms with van der Waals surface area (Å²) < 4.78 is 33.6. The van der Waals surface area contributed by atoms with Crippen LogP contribution in [-0.2, 0) is 6.42 Å². The molecule has 2 N–H and O–H groups in total. The van der Waals surface area contributed by atoms with E-state index in [0.717, 1.165) is 0 Å². The zero-order valence-electron chi connectivity index (χ0n) is 8.37. The SMILES string of the molecule is COc1cccc(CCN)c1OC(F)F. The molecule has 5 heteroatoms. The minimum absolute atomic E-state index is 0.0699. The van der Waals surface area contributed by atoms with E-state index in [0.29, 0.717) is 24.3 Å². The first-order valence-corrected chi connectivity index (χ1v) is 4.49. The fourth-order valence-corrected chi connectivity index (χ4v) is 1.30. The molecule has 84 valence electrons. The van der Waals surface area contributed by atoms with Crippen LogP contribution in [0.2, 0.25) is 0 Å². The van der Waals surface area contributed by atoms with E-state index < -0.39 is 6.61 Å². The number of rotatable bonds is 5. The molecule has 0 unspecified atom stereocenters. The lowest BCUT2D eigenvalue weighted by Crippen LogP contribution is -2.09. The zero-order chi connectivity index (χ0) is 11.3.